The zero-order valence-electron chi connectivity index (χ0n) is 15.8. The summed E-state index contributed by atoms with van der Waals surface area (Å²) in [6, 6.07) is 17.4. The number of hydrogen-bond acceptors (Lipinski definition) is 3. The van der Waals surface area contributed by atoms with Crippen molar-refractivity contribution >= 4 is 47.6 Å². The van der Waals surface area contributed by atoms with Gasteiger partial charge in [0.1, 0.15) is 16.3 Å². The van der Waals surface area contributed by atoms with Crippen LogP contribution < -0.4 is 11.2 Å². The zero-order chi connectivity index (χ0) is 21.7. The van der Waals surface area contributed by atoms with E-state index in [1.165, 1.54) is 40.2 Å². The maximum atomic E-state index is 14.7. The van der Waals surface area contributed by atoms with Crippen molar-refractivity contribution < 1.29 is 8.78 Å². The summed E-state index contributed by atoms with van der Waals surface area (Å²) in [5.74, 6) is -1.13. The number of benzene rings is 3. The van der Waals surface area contributed by atoms with E-state index in [2.05, 4.69) is 15.9 Å². The van der Waals surface area contributed by atoms with Crippen LogP contribution in [-0.2, 0) is 6.54 Å². The van der Waals surface area contributed by atoms with E-state index in [1.807, 2.05) is 24.3 Å². The molecule has 31 heavy (non-hydrogen) atoms. The molecule has 0 N–H and O–H groups in total. The summed E-state index contributed by atoms with van der Waals surface area (Å²) in [5, 5.41) is 0.747. The summed E-state index contributed by atoms with van der Waals surface area (Å²) < 4.78 is 32.4. The Hall–Kier alpha value is -3.10. The molecule has 5 aromatic rings. The normalized spacial score (nSPS) is 11.5. The van der Waals surface area contributed by atoms with Crippen LogP contribution in [0.2, 0.25) is 0 Å². The van der Waals surface area contributed by atoms with Crippen LogP contribution in [0.1, 0.15) is 5.56 Å². The van der Waals surface area contributed by atoms with Crippen molar-refractivity contribution in [3.63, 3.8) is 0 Å². The molecule has 2 heterocycles. The average molecular weight is 499 g/mol. The highest BCUT2D eigenvalue weighted by molar-refractivity contribution is 9.10. The van der Waals surface area contributed by atoms with Gasteiger partial charge in [-0.2, -0.15) is 0 Å². The molecule has 0 aliphatic rings. The molecule has 0 spiro atoms. The number of aromatic nitrogens is 2. The Morgan fingerprint density at radius 2 is 1.74 bits per heavy atom. The van der Waals surface area contributed by atoms with Gasteiger partial charge in [0.2, 0.25) is 0 Å². The summed E-state index contributed by atoms with van der Waals surface area (Å²) in [4.78, 5) is 26.9. The summed E-state index contributed by atoms with van der Waals surface area (Å²) in [6.07, 6.45) is 0. The van der Waals surface area contributed by atoms with E-state index < -0.39 is 22.9 Å². The summed E-state index contributed by atoms with van der Waals surface area (Å²) in [7, 11) is 0. The minimum absolute atomic E-state index is 0.0340. The third-order valence-corrected chi connectivity index (χ3v) is 6.68. The van der Waals surface area contributed by atoms with Crippen LogP contribution >= 0.6 is 27.3 Å². The van der Waals surface area contributed by atoms with Crippen molar-refractivity contribution in [2.75, 3.05) is 0 Å². The molecular formula is C23H13BrF2N2O2S. The predicted molar refractivity (Wildman–Crippen MR) is 122 cm³/mol. The quantitative estimate of drug-likeness (QED) is 0.331. The molecule has 0 saturated carbocycles. The summed E-state index contributed by atoms with van der Waals surface area (Å²) in [6.45, 7) is 0.0340. The Morgan fingerprint density at radius 1 is 0.935 bits per heavy atom. The van der Waals surface area contributed by atoms with Crippen molar-refractivity contribution in [2.45, 2.75) is 6.54 Å². The second kappa shape index (κ2) is 7.55. The van der Waals surface area contributed by atoms with E-state index in [9.17, 15) is 18.4 Å². The van der Waals surface area contributed by atoms with Crippen molar-refractivity contribution in [3.8, 4) is 5.69 Å². The van der Waals surface area contributed by atoms with Gasteiger partial charge in [0.25, 0.3) is 5.56 Å². The Labute approximate surface area is 186 Å². The highest BCUT2D eigenvalue weighted by Crippen LogP contribution is 2.31. The van der Waals surface area contributed by atoms with Gasteiger partial charge in [0, 0.05) is 14.6 Å². The molecule has 0 atom stereocenters. The molecule has 0 aliphatic heterocycles. The van der Waals surface area contributed by atoms with Crippen LogP contribution in [-0.4, -0.2) is 9.13 Å². The fraction of sp³-hybridized carbons (Fsp3) is 0.0435. The van der Waals surface area contributed by atoms with Gasteiger partial charge in [-0.15, -0.1) is 11.3 Å². The lowest BCUT2D eigenvalue weighted by Gasteiger charge is -2.13. The lowest BCUT2D eigenvalue weighted by atomic mass is 10.2. The first-order chi connectivity index (χ1) is 14.9. The standard InChI is InChI=1S/C23H13BrF2N2O2S/c24-14-8-9-18(17(26)11-14)28-22(29)21-20(16-6-1-2-7-19(16)31-21)27(23(28)30)12-13-4-3-5-15(25)10-13/h1-11H,12H2. The first-order valence-electron chi connectivity index (χ1n) is 9.31. The van der Waals surface area contributed by atoms with Gasteiger partial charge >= 0.3 is 5.69 Å². The zero-order valence-corrected chi connectivity index (χ0v) is 18.2. The van der Waals surface area contributed by atoms with Crippen LogP contribution in [0.3, 0.4) is 0 Å². The monoisotopic (exact) mass is 498 g/mol. The second-order valence-electron chi connectivity index (χ2n) is 7.01. The molecule has 0 radical (unpaired) electrons. The molecule has 0 aliphatic carbocycles. The molecule has 0 saturated heterocycles. The van der Waals surface area contributed by atoms with E-state index in [0.29, 0.717) is 20.3 Å². The molecule has 2 aromatic heterocycles. The van der Waals surface area contributed by atoms with Crippen LogP contribution in [0.4, 0.5) is 8.78 Å². The van der Waals surface area contributed by atoms with Crippen LogP contribution in [0, 0.1) is 11.6 Å². The van der Waals surface area contributed by atoms with Gasteiger partial charge in [-0.3, -0.25) is 9.36 Å². The SMILES string of the molecule is O=c1c2sc3ccccc3c2n(Cc2cccc(F)c2)c(=O)n1-c1ccc(Br)cc1F. The maximum Gasteiger partial charge on any atom is 0.336 e. The third-order valence-electron chi connectivity index (χ3n) is 5.04. The smallest absolute Gasteiger partial charge is 0.287 e. The fourth-order valence-electron chi connectivity index (χ4n) is 3.69. The molecule has 0 unspecified atom stereocenters. The maximum absolute atomic E-state index is 14.7. The molecule has 8 heteroatoms. The van der Waals surface area contributed by atoms with E-state index >= 15 is 0 Å². The lowest BCUT2D eigenvalue weighted by Crippen LogP contribution is -2.39. The number of fused-ring (bicyclic) bond motifs is 3. The first kappa shape index (κ1) is 19.8. The third kappa shape index (κ3) is 3.32. The Kier molecular flexibility index (Phi) is 4.83. The number of nitrogens with zero attached hydrogens (tertiary/aromatic N) is 2. The van der Waals surface area contributed by atoms with Crippen molar-refractivity contribution in [2.24, 2.45) is 0 Å². The Bertz CT molecular complexity index is 1600. The van der Waals surface area contributed by atoms with E-state index in [0.717, 1.165) is 14.7 Å². The van der Waals surface area contributed by atoms with Gasteiger partial charge in [-0.25, -0.2) is 18.1 Å². The Morgan fingerprint density at radius 3 is 2.52 bits per heavy atom. The largest absolute Gasteiger partial charge is 0.336 e. The van der Waals surface area contributed by atoms with Crippen LogP contribution in [0.25, 0.3) is 26.0 Å². The van der Waals surface area contributed by atoms with Gasteiger partial charge in [-0.05, 0) is 42.0 Å². The van der Waals surface area contributed by atoms with E-state index in [4.69, 9.17) is 0 Å². The topological polar surface area (TPSA) is 44.0 Å². The predicted octanol–water partition coefficient (Wildman–Crippen LogP) is 5.46. The molecule has 5 rings (SSSR count). The molecule has 4 nitrogen and oxygen atoms in total. The van der Waals surface area contributed by atoms with Crippen molar-refractivity contribution in [1.29, 1.82) is 0 Å². The highest BCUT2D eigenvalue weighted by Gasteiger charge is 2.21. The molecule has 0 fully saturated rings. The number of halogens is 3. The number of rotatable bonds is 3. The molecule has 0 bridgehead atoms. The van der Waals surface area contributed by atoms with E-state index in [-0.39, 0.29) is 12.2 Å². The highest BCUT2D eigenvalue weighted by atomic mass is 79.9. The Balaban J connectivity index is 1.91. The number of thiophene rings is 1. The fourth-order valence-corrected chi connectivity index (χ4v) is 5.16. The van der Waals surface area contributed by atoms with Gasteiger partial charge in [-0.1, -0.05) is 46.3 Å². The first-order valence-corrected chi connectivity index (χ1v) is 10.9. The molecule has 154 valence electrons. The van der Waals surface area contributed by atoms with E-state index in [1.54, 1.807) is 18.2 Å². The van der Waals surface area contributed by atoms with Crippen molar-refractivity contribution in [1.82, 2.24) is 9.13 Å². The van der Waals surface area contributed by atoms with Crippen LogP contribution in [0.5, 0.6) is 0 Å². The van der Waals surface area contributed by atoms with Crippen molar-refractivity contribution in [3.05, 3.63) is 109 Å². The number of hydrogen-bond donors (Lipinski definition) is 0. The van der Waals surface area contributed by atoms with Crippen LogP contribution in [0.15, 0.2) is 80.8 Å². The summed E-state index contributed by atoms with van der Waals surface area (Å²) >= 11 is 4.43. The minimum Gasteiger partial charge on any atom is -0.287 e. The van der Waals surface area contributed by atoms with Gasteiger partial charge in [0.15, 0.2) is 0 Å². The second-order valence-corrected chi connectivity index (χ2v) is 8.98. The molecule has 0 amide bonds. The van der Waals surface area contributed by atoms with Gasteiger partial charge < -0.3 is 0 Å². The summed E-state index contributed by atoms with van der Waals surface area (Å²) in [5.41, 5.74) is -0.385. The molecular weight excluding hydrogens is 486 g/mol. The molecule has 3 aromatic carbocycles. The average Bonchev–Trinajstić information content (AvgIpc) is 3.13. The minimum atomic E-state index is -0.702. The lowest BCUT2D eigenvalue weighted by molar-refractivity contribution is 0.604. The van der Waals surface area contributed by atoms with Gasteiger partial charge in [0.05, 0.1) is 17.7 Å².